The number of rotatable bonds is 4. The Labute approximate surface area is 170 Å². The molecule has 1 amide bonds. The minimum atomic E-state index is -0.737. The summed E-state index contributed by atoms with van der Waals surface area (Å²) in [6, 6.07) is 14.0. The van der Waals surface area contributed by atoms with Crippen molar-refractivity contribution >= 4 is 5.91 Å². The summed E-state index contributed by atoms with van der Waals surface area (Å²) < 4.78 is 24.8. The fourth-order valence-electron chi connectivity index (χ4n) is 4.30. The van der Waals surface area contributed by atoms with Gasteiger partial charge in [0, 0.05) is 19.6 Å². The van der Waals surface area contributed by atoms with Crippen molar-refractivity contribution in [3.63, 3.8) is 0 Å². The molecule has 0 saturated carbocycles. The van der Waals surface area contributed by atoms with E-state index >= 15 is 0 Å². The quantitative estimate of drug-likeness (QED) is 0.859. The van der Waals surface area contributed by atoms with Gasteiger partial charge in [-0.25, -0.2) is 4.39 Å². The Bertz CT molecular complexity index is 856. The van der Waals surface area contributed by atoms with E-state index in [4.69, 9.17) is 9.47 Å². The number of nitrogens with zero attached hydrogens (tertiary/aromatic N) is 1. The van der Waals surface area contributed by atoms with Crippen LogP contribution in [-0.4, -0.2) is 54.0 Å². The molecule has 5 nitrogen and oxygen atoms in total. The number of hydrogen-bond acceptors (Lipinski definition) is 4. The summed E-state index contributed by atoms with van der Waals surface area (Å²) in [5, 5.41) is 10.4. The number of hydrogen-bond donors (Lipinski definition) is 1. The Morgan fingerprint density at radius 1 is 1.24 bits per heavy atom. The van der Waals surface area contributed by atoms with E-state index in [0.717, 1.165) is 17.5 Å². The van der Waals surface area contributed by atoms with E-state index in [1.165, 1.54) is 17.7 Å². The van der Waals surface area contributed by atoms with Crippen LogP contribution < -0.4 is 0 Å². The van der Waals surface area contributed by atoms with E-state index in [-0.39, 0.29) is 30.8 Å². The molecule has 0 spiro atoms. The van der Waals surface area contributed by atoms with Crippen molar-refractivity contribution in [2.24, 2.45) is 0 Å². The summed E-state index contributed by atoms with van der Waals surface area (Å²) in [5.74, 6) is -0.459. The summed E-state index contributed by atoms with van der Waals surface area (Å²) in [6.45, 7) is 3.08. The van der Waals surface area contributed by atoms with Gasteiger partial charge in [-0.1, -0.05) is 36.4 Å². The molecular weight excluding hydrogens is 373 g/mol. The highest BCUT2D eigenvalue weighted by Gasteiger charge is 2.40. The number of carbonyl (C=O) groups excluding carboxylic acids is 1. The third kappa shape index (κ3) is 4.06. The van der Waals surface area contributed by atoms with Crippen LogP contribution in [0.25, 0.3) is 0 Å². The van der Waals surface area contributed by atoms with Crippen molar-refractivity contribution in [3.8, 4) is 0 Å². The number of benzene rings is 2. The van der Waals surface area contributed by atoms with Gasteiger partial charge in [0.05, 0.1) is 18.8 Å². The van der Waals surface area contributed by atoms with Crippen LogP contribution in [0.2, 0.25) is 0 Å². The molecule has 1 saturated heterocycles. The minimum Gasteiger partial charge on any atom is -0.390 e. The molecule has 2 aliphatic rings. The number of ether oxygens (including phenoxy) is 2. The third-order valence-corrected chi connectivity index (χ3v) is 5.75. The molecule has 2 heterocycles. The van der Waals surface area contributed by atoms with Gasteiger partial charge in [-0.3, -0.25) is 4.79 Å². The van der Waals surface area contributed by atoms with Crippen LogP contribution in [0.1, 0.15) is 36.1 Å². The van der Waals surface area contributed by atoms with Crippen molar-refractivity contribution in [1.29, 1.82) is 0 Å². The first-order valence-corrected chi connectivity index (χ1v) is 10.1. The molecule has 4 rings (SSSR count). The number of halogens is 1. The van der Waals surface area contributed by atoms with Gasteiger partial charge in [0.25, 0.3) is 5.91 Å². The highest BCUT2D eigenvalue weighted by molar-refractivity contribution is 5.82. The zero-order valence-corrected chi connectivity index (χ0v) is 16.5. The number of aliphatic hydroxyl groups is 1. The molecule has 2 aliphatic heterocycles. The summed E-state index contributed by atoms with van der Waals surface area (Å²) in [6.07, 6.45) is -0.901. The molecule has 0 aliphatic carbocycles. The van der Waals surface area contributed by atoms with Gasteiger partial charge in [0.15, 0.2) is 0 Å². The lowest BCUT2D eigenvalue weighted by Crippen LogP contribution is -2.52. The summed E-state index contributed by atoms with van der Waals surface area (Å²) in [4.78, 5) is 15.2. The van der Waals surface area contributed by atoms with Crippen molar-refractivity contribution in [3.05, 3.63) is 71.0 Å². The highest BCUT2D eigenvalue weighted by Crippen LogP contribution is 2.36. The number of amides is 1. The minimum absolute atomic E-state index is 0.150. The predicted octanol–water partition coefficient (Wildman–Crippen LogP) is 2.85. The average Bonchev–Trinajstić information content (AvgIpc) is 2.74. The number of aliphatic hydroxyl groups excluding tert-OH is 1. The van der Waals surface area contributed by atoms with E-state index in [9.17, 15) is 14.3 Å². The fraction of sp³-hybridized carbons (Fsp3) is 0.435. The zero-order valence-electron chi connectivity index (χ0n) is 16.5. The van der Waals surface area contributed by atoms with Gasteiger partial charge in [-0.15, -0.1) is 0 Å². The molecule has 2 aromatic rings. The molecule has 29 heavy (non-hydrogen) atoms. The van der Waals surface area contributed by atoms with Gasteiger partial charge in [0.2, 0.25) is 0 Å². The molecule has 6 heteroatoms. The molecule has 4 atom stereocenters. The Morgan fingerprint density at radius 3 is 2.72 bits per heavy atom. The molecule has 0 aromatic heterocycles. The van der Waals surface area contributed by atoms with Gasteiger partial charge in [-0.2, -0.15) is 0 Å². The van der Waals surface area contributed by atoms with Gasteiger partial charge in [0.1, 0.15) is 18.0 Å². The van der Waals surface area contributed by atoms with Crippen LogP contribution in [0.4, 0.5) is 4.39 Å². The predicted molar refractivity (Wildman–Crippen MR) is 106 cm³/mol. The highest BCUT2D eigenvalue weighted by atomic mass is 19.1. The largest absolute Gasteiger partial charge is 0.390 e. The van der Waals surface area contributed by atoms with E-state index in [1.807, 2.05) is 25.1 Å². The van der Waals surface area contributed by atoms with Crippen LogP contribution in [0.15, 0.2) is 48.5 Å². The first kappa shape index (κ1) is 20.0. The summed E-state index contributed by atoms with van der Waals surface area (Å²) >= 11 is 0. The maximum absolute atomic E-state index is 13.5. The van der Waals surface area contributed by atoms with Gasteiger partial charge < -0.3 is 19.5 Å². The van der Waals surface area contributed by atoms with E-state index in [0.29, 0.717) is 13.2 Å². The smallest absolute Gasteiger partial charge is 0.252 e. The second-order valence-electron chi connectivity index (χ2n) is 7.55. The topological polar surface area (TPSA) is 59.0 Å². The molecule has 0 unspecified atom stereocenters. The second-order valence-corrected chi connectivity index (χ2v) is 7.55. The summed E-state index contributed by atoms with van der Waals surface area (Å²) in [7, 11) is 0. The number of carbonyl (C=O) groups is 1. The standard InChI is InChI=1S/C23H26FNO4/c1-2-28-21-14-29-20(13-19(21)26)23(27)25-12-11-15-5-3-4-6-18(15)22(25)16-7-9-17(24)10-8-16/h3-10,19-22,26H,2,11-14H2,1H3/t19-,20+,21-,22-/m0/s1. The Balaban J connectivity index is 1.61. The Hall–Kier alpha value is -2.28. The van der Waals surface area contributed by atoms with E-state index in [1.54, 1.807) is 17.0 Å². The Morgan fingerprint density at radius 2 is 2.00 bits per heavy atom. The van der Waals surface area contributed by atoms with E-state index < -0.39 is 18.3 Å². The van der Waals surface area contributed by atoms with Crippen LogP contribution in [0.3, 0.4) is 0 Å². The SMILES string of the molecule is CCO[C@H]1CO[C@@H](C(=O)N2CCc3ccccc3[C@@H]2c2ccc(F)cc2)C[C@@H]1O. The monoisotopic (exact) mass is 399 g/mol. The van der Waals surface area contributed by atoms with Crippen molar-refractivity contribution in [1.82, 2.24) is 4.90 Å². The van der Waals surface area contributed by atoms with Gasteiger partial charge in [-0.05, 0) is 42.2 Å². The molecular formula is C23H26FNO4. The first-order valence-electron chi connectivity index (χ1n) is 10.1. The maximum Gasteiger partial charge on any atom is 0.252 e. The van der Waals surface area contributed by atoms with E-state index in [2.05, 4.69) is 6.07 Å². The van der Waals surface area contributed by atoms with Crippen molar-refractivity contribution in [2.75, 3.05) is 19.8 Å². The lowest BCUT2D eigenvalue weighted by molar-refractivity contribution is -0.171. The fourth-order valence-corrected chi connectivity index (χ4v) is 4.30. The summed E-state index contributed by atoms with van der Waals surface area (Å²) in [5.41, 5.74) is 3.09. The van der Waals surface area contributed by atoms with Crippen molar-refractivity contribution < 1.29 is 23.8 Å². The zero-order chi connectivity index (χ0) is 20.4. The Kier molecular flexibility index (Phi) is 5.94. The third-order valence-electron chi connectivity index (χ3n) is 5.75. The van der Waals surface area contributed by atoms with Crippen molar-refractivity contribution in [2.45, 2.75) is 44.1 Å². The molecule has 1 N–H and O–H groups in total. The lowest BCUT2D eigenvalue weighted by atomic mass is 9.87. The molecule has 2 aromatic carbocycles. The molecule has 0 bridgehead atoms. The van der Waals surface area contributed by atoms with Crippen LogP contribution in [0, 0.1) is 5.82 Å². The molecule has 1 fully saturated rings. The normalized spacial score (nSPS) is 26.8. The van der Waals surface area contributed by atoms with Crippen LogP contribution >= 0.6 is 0 Å². The molecule has 154 valence electrons. The second kappa shape index (κ2) is 8.61. The van der Waals surface area contributed by atoms with Gasteiger partial charge >= 0.3 is 0 Å². The average molecular weight is 399 g/mol. The first-order chi connectivity index (χ1) is 14.1. The van der Waals surface area contributed by atoms with Crippen LogP contribution in [-0.2, 0) is 20.7 Å². The van der Waals surface area contributed by atoms with Crippen LogP contribution in [0.5, 0.6) is 0 Å². The lowest BCUT2D eigenvalue weighted by Gasteiger charge is -2.41. The molecule has 0 radical (unpaired) electrons. The number of fused-ring (bicyclic) bond motifs is 1. The maximum atomic E-state index is 13.5.